The Balaban J connectivity index is 5.57. The van der Waals surface area contributed by atoms with Gasteiger partial charge in [-0.25, -0.2) is 0 Å². The van der Waals surface area contributed by atoms with E-state index in [1.807, 2.05) is 0 Å². The van der Waals surface area contributed by atoms with Gasteiger partial charge < -0.3 is 13.2 Å². The molecule has 0 rings (SSSR count). The molecule has 2 unspecified atom stereocenters. The molecule has 0 saturated carbocycles. The molecule has 0 aliphatic heterocycles. The summed E-state index contributed by atoms with van der Waals surface area (Å²) in [4.78, 5) is 0. The zero-order valence-electron chi connectivity index (χ0n) is 35.3. The van der Waals surface area contributed by atoms with Crippen LogP contribution in [0.3, 0.4) is 0 Å². The SMILES string of the molecule is CC[Si](CC)(CC)N(CCCC(CCOCCC(CCCN([Si](CC)(CC)CC)[Si](CC)(CC)CC)[Si](Cl)(Cl)Cl)[Si](Cl)(Cl)Cl)[Si](CC)(CC)CC. The van der Waals surface area contributed by atoms with Gasteiger partial charge >= 0.3 is 12.0 Å². The van der Waals surface area contributed by atoms with Crippen molar-refractivity contribution in [1.82, 2.24) is 8.46 Å². The van der Waals surface area contributed by atoms with E-state index in [1.165, 1.54) is 85.6 Å². The average Bonchev–Trinajstić information content (AvgIpc) is 3.11. The van der Waals surface area contributed by atoms with Crippen LogP contribution in [0, 0.1) is 0 Å². The van der Waals surface area contributed by atoms with Crippen LogP contribution in [0.2, 0.25) is 83.6 Å². The smallest absolute Gasteiger partial charge is 0.344 e. The lowest BCUT2D eigenvalue weighted by molar-refractivity contribution is 0.125. The van der Waals surface area contributed by atoms with E-state index in [0.717, 1.165) is 38.5 Å². The molecule has 0 N–H and O–H groups in total. The van der Waals surface area contributed by atoms with Crippen molar-refractivity contribution in [3.8, 4) is 0 Å². The van der Waals surface area contributed by atoms with Gasteiger partial charge in [0.2, 0.25) is 0 Å². The van der Waals surface area contributed by atoms with Crippen molar-refractivity contribution in [2.24, 2.45) is 0 Å². The fourth-order valence-electron chi connectivity index (χ4n) is 9.73. The van der Waals surface area contributed by atoms with Gasteiger partial charge in [-0.3, -0.25) is 0 Å². The summed E-state index contributed by atoms with van der Waals surface area (Å²) in [5.74, 6) is 0. The molecular weight excluding hydrogens is 858 g/mol. The van der Waals surface area contributed by atoms with Crippen LogP contribution < -0.4 is 0 Å². The maximum Gasteiger partial charge on any atom is 0.344 e. The van der Waals surface area contributed by atoms with Crippen LogP contribution in [-0.2, 0) is 4.74 Å². The van der Waals surface area contributed by atoms with Crippen LogP contribution in [-0.4, -0.2) is 79.7 Å². The van der Waals surface area contributed by atoms with E-state index in [0.29, 0.717) is 13.2 Å². The van der Waals surface area contributed by atoms with Crippen molar-refractivity contribution in [3.05, 3.63) is 0 Å². The van der Waals surface area contributed by atoms with Crippen LogP contribution in [0.25, 0.3) is 0 Å². The molecule has 3 nitrogen and oxygen atoms in total. The summed E-state index contributed by atoms with van der Waals surface area (Å²) in [6.45, 7) is 32.9. The van der Waals surface area contributed by atoms with Gasteiger partial charge in [0.25, 0.3) is 0 Å². The van der Waals surface area contributed by atoms with E-state index in [1.54, 1.807) is 0 Å². The van der Waals surface area contributed by atoms with Gasteiger partial charge in [-0.2, -0.15) is 0 Å². The highest BCUT2D eigenvalue weighted by Crippen LogP contribution is 2.43. The molecule has 0 radical (unpaired) electrons. The minimum Gasteiger partial charge on any atom is -0.381 e. The summed E-state index contributed by atoms with van der Waals surface area (Å²) in [6.07, 6.45) is 5.70. The molecule has 0 aliphatic carbocycles. The topological polar surface area (TPSA) is 15.7 Å². The summed E-state index contributed by atoms with van der Waals surface area (Å²) >= 11 is 40.6. The Morgan fingerprint density at radius 2 is 0.588 bits per heavy atom. The Kier molecular flexibility index (Phi) is 27.6. The van der Waals surface area contributed by atoms with Crippen molar-refractivity contribution in [3.63, 3.8) is 0 Å². The van der Waals surface area contributed by atoms with Crippen LogP contribution in [0.1, 0.15) is 122 Å². The van der Waals surface area contributed by atoms with Gasteiger partial charge in [0.05, 0.1) is 0 Å². The first-order chi connectivity index (χ1) is 23.9. The number of hydrogen-bond donors (Lipinski definition) is 0. The Morgan fingerprint density at radius 1 is 0.373 bits per heavy atom. The second-order valence-electron chi connectivity index (χ2n) is 15.4. The van der Waals surface area contributed by atoms with Crippen molar-refractivity contribution >= 4 is 111 Å². The zero-order chi connectivity index (χ0) is 39.6. The molecule has 0 bridgehead atoms. The monoisotopic (exact) mass is 936 g/mol. The molecule has 308 valence electrons. The third-order valence-corrected chi connectivity index (χ3v) is 49.7. The number of ether oxygens (including phenoxy) is 1. The van der Waals surface area contributed by atoms with Gasteiger partial charge in [-0.15, -0.1) is 66.5 Å². The summed E-state index contributed by atoms with van der Waals surface area (Å²) in [6, 6.07) is 10.2. The normalized spacial score (nSPS) is 15.3. The molecule has 2 atom stereocenters. The van der Waals surface area contributed by atoms with Crippen LogP contribution in [0.5, 0.6) is 0 Å². The number of rotatable bonds is 32. The molecule has 51 heavy (non-hydrogen) atoms. The lowest BCUT2D eigenvalue weighted by atomic mass is 10.2. The lowest BCUT2D eigenvalue weighted by Gasteiger charge is -2.52. The minimum absolute atomic E-state index is 0.0934. The molecule has 0 aromatic rings. The highest BCUT2D eigenvalue weighted by Gasteiger charge is 2.47. The van der Waals surface area contributed by atoms with Crippen LogP contribution in [0.15, 0.2) is 0 Å². The van der Waals surface area contributed by atoms with Crippen molar-refractivity contribution in [1.29, 1.82) is 0 Å². The number of hydrogen-bond acceptors (Lipinski definition) is 3. The predicted molar refractivity (Wildman–Crippen MR) is 255 cm³/mol. The Morgan fingerprint density at radius 3 is 0.765 bits per heavy atom. The Labute approximate surface area is 353 Å². The quantitative estimate of drug-likeness (QED) is 0.0380. The number of halogens is 6. The molecule has 0 heterocycles. The standard InChI is InChI=1S/C36H82Cl6N2OSi6/c1-13-46(14-2,15-3)43(47(16-4,17-5)18-6)31-25-27-35(50(37,38)39)29-33-45-34-30-36(51(40,41)42)28-26-32-44(48(19-7,20-8)21-9)49(22-10,23-11)24-12/h35-36H,13-34H2,1-12H3. The molecule has 0 spiro atoms. The van der Waals surface area contributed by atoms with Crippen molar-refractivity contribution in [2.75, 3.05) is 26.3 Å². The van der Waals surface area contributed by atoms with E-state index in [-0.39, 0.29) is 11.1 Å². The van der Waals surface area contributed by atoms with Crippen LogP contribution in [0.4, 0.5) is 0 Å². The fraction of sp³-hybridized carbons (Fsp3) is 1.00. The molecule has 15 heteroatoms. The lowest BCUT2D eigenvalue weighted by Crippen LogP contribution is -2.66. The predicted octanol–water partition coefficient (Wildman–Crippen LogP) is 16.0. The summed E-state index contributed by atoms with van der Waals surface area (Å²) in [5.41, 5.74) is 0.187. The second kappa shape index (κ2) is 26.1. The zero-order valence-corrected chi connectivity index (χ0v) is 45.8. The van der Waals surface area contributed by atoms with Gasteiger partial charge in [0.1, 0.15) is 32.9 Å². The van der Waals surface area contributed by atoms with Crippen molar-refractivity contribution < 1.29 is 4.74 Å². The van der Waals surface area contributed by atoms with Gasteiger partial charge in [-0.1, -0.05) is 83.1 Å². The summed E-state index contributed by atoms with van der Waals surface area (Å²) in [5, 5.41) is 0. The first kappa shape index (κ1) is 53.9. The third kappa shape index (κ3) is 15.2. The molecule has 0 aromatic carbocycles. The highest BCUT2D eigenvalue weighted by atomic mass is 35.8. The van der Waals surface area contributed by atoms with Gasteiger partial charge in [0.15, 0.2) is 0 Å². The molecule has 0 saturated heterocycles. The molecular formula is C36H82Cl6N2OSi6. The first-order valence-electron chi connectivity index (χ1n) is 21.2. The molecule has 0 aromatic heterocycles. The maximum atomic E-state index is 6.76. The maximum absolute atomic E-state index is 6.76. The minimum atomic E-state index is -2.90. The van der Waals surface area contributed by atoms with E-state index in [4.69, 9.17) is 71.2 Å². The Bertz CT molecular complexity index is 757. The highest BCUT2D eigenvalue weighted by molar-refractivity contribution is 7.65. The first-order valence-corrected chi connectivity index (χ1v) is 41.7. The van der Waals surface area contributed by atoms with Crippen LogP contribution >= 0.6 is 66.5 Å². The third-order valence-electron chi connectivity index (χ3n) is 14.2. The molecule has 0 amide bonds. The van der Waals surface area contributed by atoms with Gasteiger partial charge in [0, 0.05) is 13.2 Å². The summed E-state index contributed by atoms with van der Waals surface area (Å²) in [7, 11) is -6.07. The number of nitrogens with zero attached hydrogens (tertiary/aromatic N) is 2. The second-order valence-corrected chi connectivity index (χ2v) is 54.7. The van der Waals surface area contributed by atoms with E-state index in [2.05, 4.69) is 91.5 Å². The summed E-state index contributed by atoms with van der Waals surface area (Å²) < 4.78 is 12.6. The largest absolute Gasteiger partial charge is 0.381 e. The molecule has 0 fully saturated rings. The van der Waals surface area contributed by atoms with E-state index >= 15 is 0 Å². The van der Waals surface area contributed by atoms with E-state index in [9.17, 15) is 0 Å². The fourth-order valence-corrected chi connectivity index (χ4v) is 42.5. The Hall–Kier alpha value is 2.92. The molecule has 0 aliphatic rings. The average molecular weight is 940 g/mol. The van der Waals surface area contributed by atoms with Crippen molar-refractivity contribution in [2.45, 2.75) is 205 Å². The van der Waals surface area contributed by atoms with E-state index < -0.39 is 44.9 Å². The van der Waals surface area contributed by atoms with Gasteiger partial charge in [-0.05, 0) is 135 Å².